The van der Waals surface area contributed by atoms with Crippen LogP contribution in [0.3, 0.4) is 0 Å². The van der Waals surface area contributed by atoms with Crippen LogP contribution in [0.1, 0.15) is 18.9 Å². The van der Waals surface area contributed by atoms with Gasteiger partial charge in [0.05, 0.1) is 6.61 Å². The summed E-state index contributed by atoms with van der Waals surface area (Å²) in [7, 11) is 2.19. The predicted octanol–water partition coefficient (Wildman–Crippen LogP) is 1.53. The number of nitrogens with zero attached hydrogens (tertiary/aromatic N) is 2. The molecule has 0 bridgehead atoms. The lowest BCUT2D eigenvalue weighted by atomic mass is 9.86. The van der Waals surface area contributed by atoms with Gasteiger partial charge in [0.25, 0.3) is 0 Å². The van der Waals surface area contributed by atoms with Gasteiger partial charge in [-0.1, -0.05) is 6.92 Å². The number of hydrogen-bond acceptors (Lipinski definition) is 4. The lowest BCUT2D eigenvalue weighted by Gasteiger charge is -2.32. The van der Waals surface area contributed by atoms with Crippen molar-refractivity contribution in [2.24, 2.45) is 5.41 Å². The van der Waals surface area contributed by atoms with Gasteiger partial charge in [-0.25, -0.2) is 0 Å². The second-order valence-corrected chi connectivity index (χ2v) is 5.61. The Hall–Kier alpha value is -0.970. The van der Waals surface area contributed by atoms with E-state index in [2.05, 4.69) is 41.3 Å². The summed E-state index contributed by atoms with van der Waals surface area (Å²) in [5, 5.41) is 3.48. The molecule has 1 unspecified atom stereocenters. The Labute approximate surface area is 116 Å². The summed E-state index contributed by atoms with van der Waals surface area (Å²) < 4.78 is 5.63. The van der Waals surface area contributed by atoms with Gasteiger partial charge in [0.1, 0.15) is 0 Å². The van der Waals surface area contributed by atoms with Gasteiger partial charge in [-0.3, -0.25) is 4.98 Å². The minimum Gasteiger partial charge on any atom is -0.381 e. The van der Waals surface area contributed by atoms with E-state index in [1.807, 2.05) is 12.4 Å². The molecule has 19 heavy (non-hydrogen) atoms. The molecule has 1 fully saturated rings. The van der Waals surface area contributed by atoms with Crippen molar-refractivity contribution in [3.63, 3.8) is 0 Å². The highest BCUT2D eigenvalue weighted by Gasteiger charge is 2.35. The summed E-state index contributed by atoms with van der Waals surface area (Å²) in [5.74, 6) is 0. The Morgan fingerprint density at radius 2 is 2.21 bits per heavy atom. The monoisotopic (exact) mass is 263 g/mol. The van der Waals surface area contributed by atoms with Crippen LogP contribution in [-0.2, 0) is 11.3 Å². The van der Waals surface area contributed by atoms with Crippen molar-refractivity contribution in [2.75, 3.05) is 39.9 Å². The maximum absolute atomic E-state index is 5.63. The fourth-order valence-electron chi connectivity index (χ4n) is 2.79. The van der Waals surface area contributed by atoms with E-state index < -0.39 is 0 Å². The molecule has 1 saturated heterocycles. The summed E-state index contributed by atoms with van der Waals surface area (Å²) >= 11 is 0. The summed E-state index contributed by atoms with van der Waals surface area (Å²) in [6.07, 6.45) is 4.87. The van der Waals surface area contributed by atoms with Crippen molar-refractivity contribution < 1.29 is 4.74 Å². The van der Waals surface area contributed by atoms with Gasteiger partial charge in [-0.2, -0.15) is 0 Å². The van der Waals surface area contributed by atoms with Gasteiger partial charge in [-0.15, -0.1) is 0 Å². The van der Waals surface area contributed by atoms with Crippen LogP contribution in [0.5, 0.6) is 0 Å². The van der Waals surface area contributed by atoms with Crippen LogP contribution in [0.4, 0.5) is 0 Å². The molecule has 1 atom stereocenters. The number of rotatable bonds is 7. The van der Waals surface area contributed by atoms with E-state index in [4.69, 9.17) is 4.74 Å². The summed E-state index contributed by atoms with van der Waals surface area (Å²) in [6.45, 7) is 8.04. The zero-order valence-electron chi connectivity index (χ0n) is 12.1. The predicted molar refractivity (Wildman–Crippen MR) is 77.0 cm³/mol. The van der Waals surface area contributed by atoms with Crippen LogP contribution in [0.2, 0.25) is 0 Å². The van der Waals surface area contributed by atoms with Gasteiger partial charge in [0.2, 0.25) is 0 Å². The van der Waals surface area contributed by atoms with Crippen LogP contribution >= 0.6 is 0 Å². The largest absolute Gasteiger partial charge is 0.381 e. The van der Waals surface area contributed by atoms with Gasteiger partial charge >= 0.3 is 0 Å². The van der Waals surface area contributed by atoms with Crippen LogP contribution in [0.25, 0.3) is 0 Å². The first-order chi connectivity index (χ1) is 9.24. The number of hydrogen-bond donors (Lipinski definition) is 1. The van der Waals surface area contributed by atoms with Crippen LogP contribution < -0.4 is 5.32 Å². The number of aromatic nitrogens is 1. The van der Waals surface area contributed by atoms with E-state index in [-0.39, 0.29) is 5.41 Å². The smallest absolute Gasteiger partial charge is 0.0547 e. The molecule has 1 aliphatic heterocycles. The highest BCUT2D eigenvalue weighted by Crippen LogP contribution is 2.29. The molecule has 0 saturated carbocycles. The summed E-state index contributed by atoms with van der Waals surface area (Å²) in [4.78, 5) is 6.45. The molecule has 2 heterocycles. The zero-order valence-corrected chi connectivity index (χ0v) is 12.1. The second-order valence-electron chi connectivity index (χ2n) is 5.61. The summed E-state index contributed by atoms with van der Waals surface area (Å²) in [6, 6.07) is 4.16. The van der Waals surface area contributed by atoms with Crippen LogP contribution in [0, 0.1) is 5.41 Å². The van der Waals surface area contributed by atoms with Crippen LogP contribution in [-0.4, -0.2) is 49.8 Å². The quantitative estimate of drug-likeness (QED) is 0.809. The van der Waals surface area contributed by atoms with Crippen LogP contribution in [0.15, 0.2) is 24.5 Å². The molecule has 106 valence electrons. The number of ether oxygens (including phenoxy) is 1. The van der Waals surface area contributed by atoms with Gasteiger partial charge in [0, 0.05) is 44.0 Å². The molecule has 4 nitrogen and oxygen atoms in total. The Bertz CT molecular complexity index is 363. The Kier molecular flexibility index (Phi) is 5.31. The van der Waals surface area contributed by atoms with E-state index in [0.717, 1.165) is 45.8 Å². The highest BCUT2D eigenvalue weighted by atomic mass is 16.5. The first-order valence-electron chi connectivity index (χ1n) is 7.10. The van der Waals surface area contributed by atoms with Gasteiger partial charge < -0.3 is 15.0 Å². The fraction of sp³-hybridized carbons (Fsp3) is 0.667. The maximum Gasteiger partial charge on any atom is 0.0547 e. The lowest BCUT2D eigenvalue weighted by molar-refractivity contribution is 0.117. The summed E-state index contributed by atoms with van der Waals surface area (Å²) in [5.41, 5.74) is 1.59. The first kappa shape index (κ1) is 14.4. The highest BCUT2D eigenvalue weighted by molar-refractivity contribution is 5.09. The lowest BCUT2D eigenvalue weighted by Crippen LogP contribution is -2.43. The fourth-order valence-corrected chi connectivity index (χ4v) is 2.79. The molecule has 4 heteroatoms. The topological polar surface area (TPSA) is 37.4 Å². The molecule has 0 spiro atoms. The third-order valence-corrected chi connectivity index (χ3v) is 3.74. The SMILES string of the molecule is CCNCC1(CN(C)Cc2ccncc2)CCOC1. The van der Waals surface area contributed by atoms with Crippen molar-refractivity contribution in [3.8, 4) is 0 Å². The maximum atomic E-state index is 5.63. The third kappa shape index (κ3) is 4.27. The van der Waals surface area contributed by atoms with Crippen molar-refractivity contribution in [2.45, 2.75) is 19.9 Å². The van der Waals surface area contributed by atoms with E-state index in [0.29, 0.717) is 0 Å². The van der Waals surface area contributed by atoms with Crippen molar-refractivity contribution in [3.05, 3.63) is 30.1 Å². The van der Waals surface area contributed by atoms with E-state index >= 15 is 0 Å². The number of nitrogens with one attached hydrogen (secondary N) is 1. The standard InChI is InChI=1S/C15H25N3O/c1-3-16-11-15(6-9-19-13-15)12-18(2)10-14-4-7-17-8-5-14/h4-5,7-8,16H,3,6,9-13H2,1-2H3. The second kappa shape index (κ2) is 6.98. The third-order valence-electron chi connectivity index (χ3n) is 3.74. The molecule has 0 aliphatic carbocycles. The molecule has 1 N–H and O–H groups in total. The van der Waals surface area contributed by atoms with Gasteiger partial charge in [-0.05, 0) is 37.7 Å². The normalized spacial score (nSPS) is 23.1. The molecular weight excluding hydrogens is 238 g/mol. The Balaban J connectivity index is 1.90. The minimum absolute atomic E-state index is 0.276. The average Bonchev–Trinajstić information content (AvgIpc) is 2.86. The van der Waals surface area contributed by atoms with Gasteiger partial charge in [0.15, 0.2) is 0 Å². The Morgan fingerprint density at radius 1 is 1.42 bits per heavy atom. The minimum atomic E-state index is 0.276. The zero-order chi connectivity index (χ0) is 13.6. The average molecular weight is 263 g/mol. The van der Waals surface area contributed by atoms with E-state index in [9.17, 15) is 0 Å². The first-order valence-corrected chi connectivity index (χ1v) is 7.10. The molecule has 1 aliphatic rings. The molecule has 1 aromatic rings. The number of pyridine rings is 1. The van der Waals surface area contributed by atoms with Crippen molar-refractivity contribution >= 4 is 0 Å². The van der Waals surface area contributed by atoms with E-state index in [1.54, 1.807) is 0 Å². The molecule has 2 rings (SSSR count). The van der Waals surface area contributed by atoms with Crippen molar-refractivity contribution in [1.82, 2.24) is 15.2 Å². The molecule has 1 aromatic heterocycles. The van der Waals surface area contributed by atoms with E-state index in [1.165, 1.54) is 5.56 Å². The van der Waals surface area contributed by atoms with Crippen molar-refractivity contribution in [1.29, 1.82) is 0 Å². The molecule has 0 amide bonds. The Morgan fingerprint density at radius 3 is 2.84 bits per heavy atom. The molecular formula is C15H25N3O. The molecule has 0 radical (unpaired) electrons. The molecule has 0 aromatic carbocycles.